The van der Waals surface area contributed by atoms with E-state index in [2.05, 4.69) is 29.1 Å². The summed E-state index contributed by atoms with van der Waals surface area (Å²) in [5.74, 6) is 1.94. The number of rotatable bonds is 6. The van der Waals surface area contributed by atoms with Crippen LogP contribution in [0.4, 0.5) is 0 Å². The molecule has 2 rings (SSSR count). The van der Waals surface area contributed by atoms with Crippen molar-refractivity contribution in [3.63, 3.8) is 0 Å². The van der Waals surface area contributed by atoms with E-state index in [1.54, 1.807) is 19.4 Å². The Balaban J connectivity index is 2.21. The van der Waals surface area contributed by atoms with Gasteiger partial charge in [0, 0.05) is 17.8 Å². The van der Waals surface area contributed by atoms with Gasteiger partial charge in [-0.3, -0.25) is 0 Å². The first-order chi connectivity index (χ1) is 10.1. The molecule has 0 aliphatic carbocycles. The smallest absolute Gasteiger partial charge is 0.163 e. The summed E-state index contributed by atoms with van der Waals surface area (Å²) in [6.45, 7) is 6.04. The Morgan fingerprint density at radius 2 is 2.10 bits per heavy atom. The molecule has 0 aliphatic rings. The lowest BCUT2D eigenvalue weighted by atomic mass is 10.2. The molecule has 0 saturated carbocycles. The molecule has 0 spiro atoms. The van der Waals surface area contributed by atoms with Crippen LogP contribution < -0.4 is 10.1 Å². The zero-order valence-electron chi connectivity index (χ0n) is 12.6. The van der Waals surface area contributed by atoms with E-state index in [4.69, 9.17) is 16.3 Å². The fourth-order valence-corrected chi connectivity index (χ4v) is 2.13. The van der Waals surface area contributed by atoms with Crippen LogP contribution in [0.1, 0.15) is 19.5 Å². The molecule has 0 atom stereocenters. The van der Waals surface area contributed by atoms with Gasteiger partial charge < -0.3 is 10.1 Å². The van der Waals surface area contributed by atoms with E-state index in [-0.39, 0.29) is 0 Å². The highest BCUT2D eigenvalue weighted by Crippen LogP contribution is 2.30. The minimum Gasteiger partial charge on any atom is -0.496 e. The summed E-state index contributed by atoms with van der Waals surface area (Å²) in [6.07, 6.45) is 1.77. The van der Waals surface area contributed by atoms with Crippen LogP contribution in [0.15, 0.2) is 30.5 Å². The van der Waals surface area contributed by atoms with Gasteiger partial charge in [-0.25, -0.2) is 9.97 Å². The van der Waals surface area contributed by atoms with Crippen LogP contribution in [-0.4, -0.2) is 23.6 Å². The fraction of sp³-hybridized carbons (Fsp3) is 0.375. The van der Waals surface area contributed by atoms with Gasteiger partial charge in [0.25, 0.3) is 0 Å². The Bertz CT molecular complexity index is 602. The average Bonchev–Trinajstić information content (AvgIpc) is 2.47. The maximum Gasteiger partial charge on any atom is 0.163 e. The minimum absolute atomic E-state index is 0.614. The van der Waals surface area contributed by atoms with Gasteiger partial charge in [-0.2, -0.15) is 0 Å². The highest BCUT2D eigenvalue weighted by Gasteiger charge is 2.10. The van der Waals surface area contributed by atoms with Crippen LogP contribution in [0, 0.1) is 5.92 Å². The van der Waals surface area contributed by atoms with Crippen LogP contribution in [0.3, 0.4) is 0 Å². The second kappa shape index (κ2) is 7.38. The number of nitrogens with one attached hydrogen (secondary N) is 1. The van der Waals surface area contributed by atoms with Gasteiger partial charge in [-0.15, -0.1) is 0 Å². The number of hydrogen-bond donors (Lipinski definition) is 1. The molecule has 4 nitrogen and oxygen atoms in total. The van der Waals surface area contributed by atoms with Crippen LogP contribution in [-0.2, 0) is 6.54 Å². The SMILES string of the molecule is COc1cc(Cl)ccc1-c1nccc(CNCC(C)C)n1. The van der Waals surface area contributed by atoms with E-state index < -0.39 is 0 Å². The third-order valence-corrected chi connectivity index (χ3v) is 3.21. The second-order valence-corrected chi connectivity index (χ2v) is 5.68. The van der Waals surface area contributed by atoms with E-state index >= 15 is 0 Å². The fourth-order valence-electron chi connectivity index (χ4n) is 1.96. The number of methoxy groups -OCH3 is 1. The summed E-state index contributed by atoms with van der Waals surface area (Å²) in [5.41, 5.74) is 1.80. The minimum atomic E-state index is 0.614. The first-order valence-corrected chi connectivity index (χ1v) is 7.34. The quantitative estimate of drug-likeness (QED) is 0.886. The van der Waals surface area contributed by atoms with Crippen LogP contribution in [0.2, 0.25) is 5.02 Å². The van der Waals surface area contributed by atoms with E-state index in [0.717, 1.165) is 24.3 Å². The van der Waals surface area contributed by atoms with Crippen LogP contribution in [0.5, 0.6) is 5.75 Å². The monoisotopic (exact) mass is 305 g/mol. The predicted octanol–water partition coefficient (Wildman–Crippen LogP) is 3.55. The molecule has 0 aliphatic heterocycles. The van der Waals surface area contributed by atoms with Gasteiger partial charge in [0.2, 0.25) is 0 Å². The molecule has 0 saturated heterocycles. The summed E-state index contributed by atoms with van der Waals surface area (Å²) in [4.78, 5) is 8.91. The van der Waals surface area contributed by atoms with Crippen molar-refractivity contribution in [1.82, 2.24) is 15.3 Å². The molecule has 2 aromatic rings. The number of aromatic nitrogens is 2. The summed E-state index contributed by atoms with van der Waals surface area (Å²) < 4.78 is 5.35. The third kappa shape index (κ3) is 4.41. The lowest BCUT2D eigenvalue weighted by molar-refractivity contribution is 0.416. The lowest BCUT2D eigenvalue weighted by Crippen LogP contribution is -2.19. The maximum atomic E-state index is 5.98. The predicted molar refractivity (Wildman–Crippen MR) is 85.6 cm³/mol. The highest BCUT2D eigenvalue weighted by atomic mass is 35.5. The summed E-state index contributed by atoms with van der Waals surface area (Å²) >= 11 is 5.98. The summed E-state index contributed by atoms with van der Waals surface area (Å²) in [6, 6.07) is 7.37. The van der Waals surface area contributed by atoms with Gasteiger partial charge in [-0.05, 0) is 36.7 Å². The zero-order valence-corrected chi connectivity index (χ0v) is 13.3. The Morgan fingerprint density at radius 3 is 2.81 bits per heavy atom. The van der Waals surface area contributed by atoms with Crippen molar-refractivity contribution in [2.45, 2.75) is 20.4 Å². The molecule has 1 aromatic carbocycles. The Labute approximate surface area is 130 Å². The van der Waals surface area contributed by atoms with E-state index in [0.29, 0.717) is 22.5 Å². The van der Waals surface area contributed by atoms with E-state index in [9.17, 15) is 0 Å². The van der Waals surface area contributed by atoms with Gasteiger partial charge in [0.15, 0.2) is 5.82 Å². The Morgan fingerprint density at radius 1 is 1.29 bits per heavy atom. The molecule has 5 heteroatoms. The Kier molecular flexibility index (Phi) is 5.53. The van der Waals surface area contributed by atoms with E-state index in [1.807, 2.05) is 18.2 Å². The molecule has 1 N–H and O–H groups in total. The summed E-state index contributed by atoms with van der Waals surface area (Å²) in [5, 5.41) is 4.00. The van der Waals surface area contributed by atoms with Crippen molar-refractivity contribution < 1.29 is 4.74 Å². The second-order valence-electron chi connectivity index (χ2n) is 5.24. The zero-order chi connectivity index (χ0) is 15.2. The molecule has 0 fully saturated rings. The third-order valence-electron chi connectivity index (χ3n) is 2.98. The maximum absolute atomic E-state index is 5.98. The molecular weight excluding hydrogens is 286 g/mol. The first kappa shape index (κ1) is 15.7. The molecule has 21 heavy (non-hydrogen) atoms. The molecular formula is C16H20ClN3O. The van der Waals surface area contributed by atoms with Crippen molar-refractivity contribution in [3.05, 3.63) is 41.2 Å². The van der Waals surface area contributed by atoms with Crippen molar-refractivity contribution in [1.29, 1.82) is 0 Å². The number of nitrogens with zero attached hydrogens (tertiary/aromatic N) is 2. The Hall–Kier alpha value is -1.65. The molecule has 1 aromatic heterocycles. The van der Waals surface area contributed by atoms with Gasteiger partial charge in [0.1, 0.15) is 5.75 Å². The molecule has 0 amide bonds. The number of halogens is 1. The average molecular weight is 306 g/mol. The number of hydrogen-bond acceptors (Lipinski definition) is 4. The van der Waals surface area contributed by atoms with Gasteiger partial charge >= 0.3 is 0 Å². The lowest BCUT2D eigenvalue weighted by Gasteiger charge is -2.10. The van der Waals surface area contributed by atoms with Gasteiger partial charge in [-0.1, -0.05) is 25.4 Å². The van der Waals surface area contributed by atoms with Crippen molar-refractivity contribution in [2.75, 3.05) is 13.7 Å². The molecule has 0 radical (unpaired) electrons. The topological polar surface area (TPSA) is 47.0 Å². The molecule has 112 valence electrons. The van der Waals surface area contributed by atoms with E-state index in [1.165, 1.54) is 0 Å². The number of benzene rings is 1. The molecule has 0 bridgehead atoms. The van der Waals surface area contributed by atoms with Crippen molar-refractivity contribution in [3.8, 4) is 17.1 Å². The summed E-state index contributed by atoms with van der Waals surface area (Å²) in [7, 11) is 1.61. The van der Waals surface area contributed by atoms with Crippen molar-refractivity contribution >= 4 is 11.6 Å². The van der Waals surface area contributed by atoms with Gasteiger partial charge in [0.05, 0.1) is 18.4 Å². The molecule has 1 heterocycles. The molecule has 0 unspecified atom stereocenters. The largest absolute Gasteiger partial charge is 0.496 e. The normalized spacial score (nSPS) is 10.9. The number of ether oxygens (including phenoxy) is 1. The van der Waals surface area contributed by atoms with Crippen LogP contribution in [0.25, 0.3) is 11.4 Å². The standard InChI is InChI=1S/C16H20ClN3O/c1-11(2)9-18-10-13-6-7-19-16(20-13)14-5-4-12(17)8-15(14)21-3/h4-8,11,18H,9-10H2,1-3H3. The van der Waals surface area contributed by atoms with Crippen molar-refractivity contribution in [2.24, 2.45) is 5.92 Å². The van der Waals surface area contributed by atoms with Crippen LogP contribution >= 0.6 is 11.6 Å². The first-order valence-electron chi connectivity index (χ1n) is 6.96. The highest BCUT2D eigenvalue weighted by molar-refractivity contribution is 6.30.